The number of carbonyl (C=O) groups excluding carboxylic acids is 2. The molecule has 2 aromatic carbocycles. The first kappa shape index (κ1) is 22.1. The molecule has 0 aromatic heterocycles. The highest BCUT2D eigenvalue weighted by Gasteiger charge is 2.45. The van der Waals surface area contributed by atoms with Crippen LogP contribution in [0.1, 0.15) is 42.7 Å². The fraction of sp³-hybridized carbons (Fsp3) is 0.320. The predicted molar refractivity (Wildman–Crippen MR) is 121 cm³/mol. The number of halogens is 1. The molecule has 4 rings (SSSR count). The molecule has 7 heteroatoms. The number of ether oxygens (including phenoxy) is 2. The summed E-state index contributed by atoms with van der Waals surface area (Å²) in [5, 5.41) is 10.3. The summed E-state index contributed by atoms with van der Waals surface area (Å²) in [5.41, 5.74) is 3.43. The van der Waals surface area contributed by atoms with E-state index in [0.717, 1.165) is 5.56 Å². The van der Waals surface area contributed by atoms with Gasteiger partial charge in [0.15, 0.2) is 17.3 Å². The first-order valence-electron chi connectivity index (χ1n) is 10.4. The van der Waals surface area contributed by atoms with E-state index in [1.54, 1.807) is 19.1 Å². The Balaban J connectivity index is 1.87. The van der Waals surface area contributed by atoms with Crippen molar-refractivity contribution in [3.63, 3.8) is 0 Å². The van der Waals surface area contributed by atoms with Crippen LogP contribution in [0.25, 0.3) is 0 Å². The Hall–Kier alpha value is -3.12. The number of hydrogen-bond donors (Lipinski definition) is 1. The third-order valence-electron chi connectivity index (χ3n) is 6.24. The number of methoxy groups -OCH3 is 2. The lowest BCUT2D eigenvalue weighted by Gasteiger charge is -2.36. The average molecular weight is 454 g/mol. The van der Waals surface area contributed by atoms with Crippen molar-refractivity contribution in [2.45, 2.75) is 31.6 Å². The standard InChI is InChI=1S/C25H24ClNO5/c1-13-21(25(30)32-3)22(16-9-17(26)24(29)20(12-16)31-2)23-18(27-13)10-15(11-19(23)28)14-7-5-4-6-8-14/h4-9,12,15,21-22,29H,10-11H2,1-3H3/t15-,21?,22+/m0/s1. The predicted octanol–water partition coefficient (Wildman–Crippen LogP) is 4.80. The maximum absolute atomic E-state index is 13.5. The summed E-state index contributed by atoms with van der Waals surface area (Å²) < 4.78 is 10.3. The van der Waals surface area contributed by atoms with Crippen LogP contribution in [0.5, 0.6) is 11.5 Å². The van der Waals surface area contributed by atoms with E-state index >= 15 is 0 Å². The molecule has 0 bridgehead atoms. The lowest BCUT2D eigenvalue weighted by Crippen LogP contribution is -2.37. The molecule has 1 unspecified atom stereocenters. The zero-order valence-corrected chi connectivity index (χ0v) is 18.8. The van der Waals surface area contributed by atoms with Crippen LogP contribution < -0.4 is 4.74 Å². The van der Waals surface area contributed by atoms with Crippen molar-refractivity contribution in [1.82, 2.24) is 0 Å². The second kappa shape index (κ2) is 8.79. The van der Waals surface area contributed by atoms with E-state index in [9.17, 15) is 14.7 Å². The van der Waals surface area contributed by atoms with Gasteiger partial charge < -0.3 is 14.6 Å². The van der Waals surface area contributed by atoms with Gasteiger partial charge in [0.25, 0.3) is 0 Å². The Morgan fingerprint density at radius 1 is 1.12 bits per heavy atom. The third-order valence-corrected chi connectivity index (χ3v) is 6.53. The molecule has 6 nitrogen and oxygen atoms in total. The molecule has 1 N–H and O–H groups in total. The number of aromatic hydroxyl groups is 1. The van der Waals surface area contributed by atoms with Crippen molar-refractivity contribution in [1.29, 1.82) is 0 Å². The largest absolute Gasteiger partial charge is 0.503 e. The minimum Gasteiger partial charge on any atom is -0.503 e. The molecule has 1 aliphatic carbocycles. The van der Waals surface area contributed by atoms with Crippen LogP contribution >= 0.6 is 11.6 Å². The Kier molecular flexibility index (Phi) is 6.07. The molecular formula is C25H24ClNO5. The van der Waals surface area contributed by atoms with E-state index < -0.39 is 17.8 Å². The second-order valence-electron chi connectivity index (χ2n) is 8.08. The number of allylic oxidation sites excluding steroid dienone is 2. The topological polar surface area (TPSA) is 85.2 Å². The third kappa shape index (κ3) is 3.79. The molecule has 2 aliphatic rings. The maximum atomic E-state index is 13.5. The minimum absolute atomic E-state index is 0.0206. The highest BCUT2D eigenvalue weighted by Crippen LogP contribution is 2.49. The Morgan fingerprint density at radius 3 is 2.50 bits per heavy atom. The van der Waals surface area contributed by atoms with Crippen LogP contribution in [0.15, 0.2) is 58.7 Å². The molecule has 0 saturated carbocycles. The van der Waals surface area contributed by atoms with Crippen molar-refractivity contribution in [3.8, 4) is 11.5 Å². The SMILES string of the molecule is COC(=O)C1C(C)=NC2=C(C(=O)C[C@@H](c3ccccc3)C2)[C@@H]1c1cc(Cl)c(O)c(OC)c1. The maximum Gasteiger partial charge on any atom is 0.315 e. The molecule has 32 heavy (non-hydrogen) atoms. The lowest BCUT2D eigenvalue weighted by atomic mass is 9.69. The molecule has 166 valence electrons. The molecule has 0 radical (unpaired) electrons. The Labute approximate surface area is 191 Å². The van der Waals surface area contributed by atoms with E-state index in [2.05, 4.69) is 0 Å². The van der Waals surface area contributed by atoms with Gasteiger partial charge in [-0.25, -0.2) is 0 Å². The van der Waals surface area contributed by atoms with Crippen molar-refractivity contribution in [2.24, 2.45) is 10.9 Å². The molecule has 0 amide bonds. The highest BCUT2D eigenvalue weighted by molar-refractivity contribution is 6.32. The fourth-order valence-electron chi connectivity index (χ4n) is 4.74. The van der Waals surface area contributed by atoms with E-state index in [0.29, 0.717) is 35.4 Å². The van der Waals surface area contributed by atoms with Crippen LogP contribution in [0.4, 0.5) is 0 Å². The van der Waals surface area contributed by atoms with Crippen molar-refractivity contribution in [2.75, 3.05) is 14.2 Å². The molecule has 1 heterocycles. The number of phenols is 1. The summed E-state index contributed by atoms with van der Waals surface area (Å²) in [4.78, 5) is 31.0. The summed E-state index contributed by atoms with van der Waals surface area (Å²) in [5.74, 6) is -1.95. The smallest absolute Gasteiger partial charge is 0.315 e. The normalized spacial score (nSPS) is 22.8. The molecule has 2 aromatic rings. The Morgan fingerprint density at radius 2 is 1.84 bits per heavy atom. The van der Waals surface area contributed by atoms with Gasteiger partial charge in [-0.15, -0.1) is 0 Å². The molecule has 1 aliphatic heterocycles. The lowest BCUT2D eigenvalue weighted by molar-refractivity contribution is -0.143. The van der Waals surface area contributed by atoms with Gasteiger partial charge in [-0.3, -0.25) is 14.6 Å². The number of phenolic OH excluding ortho intramolecular Hbond substituents is 1. The fourth-order valence-corrected chi connectivity index (χ4v) is 4.96. The number of aliphatic imine (C=N–C) groups is 1. The average Bonchev–Trinajstić information content (AvgIpc) is 2.79. The number of hydrogen-bond acceptors (Lipinski definition) is 6. The van der Waals surface area contributed by atoms with Gasteiger partial charge >= 0.3 is 5.97 Å². The van der Waals surface area contributed by atoms with Crippen LogP contribution in [-0.4, -0.2) is 36.8 Å². The van der Waals surface area contributed by atoms with Crippen molar-refractivity contribution < 1.29 is 24.2 Å². The Bertz CT molecular complexity index is 1140. The quantitative estimate of drug-likeness (QED) is 0.672. The van der Waals surface area contributed by atoms with Gasteiger partial charge in [-0.05, 0) is 42.5 Å². The number of carbonyl (C=O) groups is 2. The van der Waals surface area contributed by atoms with Crippen LogP contribution in [0.3, 0.4) is 0 Å². The first-order chi connectivity index (χ1) is 15.3. The van der Waals surface area contributed by atoms with Crippen LogP contribution in [-0.2, 0) is 14.3 Å². The second-order valence-corrected chi connectivity index (χ2v) is 8.49. The van der Waals surface area contributed by atoms with E-state index in [1.165, 1.54) is 14.2 Å². The van der Waals surface area contributed by atoms with Gasteiger partial charge in [0.1, 0.15) is 5.92 Å². The van der Waals surface area contributed by atoms with Gasteiger partial charge in [-0.1, -0.05) is 41.9 Å². The van der Waals surface area contributed by atoms with Gasteiger partial charge in [-0.2, -0.15) is 0 Å². The summed E-state index contributed by atoms with van der Waals surface area (Å²) in [6, 6.07) is 13.1. The minimum atomic E-state index is -0.777. The van der Waals surface area contributed by atoms with Gasteiger partial charge in [0.05, 0.1) is 19.2 Å². The first-order valence-corrected chi connectivity index (χ1v) is 10.7. The summed E-state index contributed by atoms with van der Waals surface area (Å²) in [7, 11) is 2.73. The van der Waals surface area contributed by atoms with Crippen molar-refractivity contribution in [3.05, 3.63) is 69.9 Å². The van der Waals surface area contributed by atoms with Crippen LogP contribution in [0.2, 0.25) is 5.02 Å². The molecule has 0 saturated heterocycles. The summed E-state index contributed by atoms with van der Waals surface area (Å²) in [6.07, 6.45) is 0.917. The number of Topliss-reactive ketones (excluding diaryl/α,β-unsaturated/α-hetero) is 1. The number of benzene rings is 2. The molecule has 3 atom stereocenters. The zero-order valence-electron chi connectivity index (χ0n) is 18.1. The van der Waals surface area contributed by atoms with Crippen molar-refractivity contribution >= 4 is 29.1 Å². The molecule has 0 fully saturated rings. The summed E-state index contributed by atoms with van der Waals surface area (Å²) in [6.45, 7) is 1.77. The number of rotatable bonds is 4. The van der Waals surface area contributed by atoms with E-state index in [-0.39, 0.29) is 28.2 Å². The zero-order chi connectivity index (χ0) is 23.0. The van der Waals surface area contributed by atoms with E-state index in [1.807, 2.05) is 30.3 Å². The van der Waals surface area contributed by atoms with Crippen LogP contribution in [0, 0.1) is 5.92 Å². The number of esters is 1. The highest BCUT2D eigenvalue weighted by atomic mass is 35.5. The molecule has 0 spiro atoms. The van der Waals surface area contributed by atoms with Gasteiger partial charge in [0, 0.05) is 29.3 Å². The van der Waals surface area contributed by atoms with E-state index in [4.69, 9.17) is 26.1 Å². The number of ketones is 1. The monoisotopic (exact) mass is 453 g/mol. The summed E-state index contributed by atoms with van der Waals surface area (Å²) >= 11 is 6.25. The number of nitrogens with zero attached hydrogens (tertiary/aromatic N) is 1. The molecular weight excluding hydrogens is 430 g/mol. The van der Waals surface area contributed by atoms with Gasteiger partial charge in [0.2, 0.25) is 0 Å².